The lowest BCUT2D eigenvalue weighted by Gasteiger charge is -2.14. The fourth-order valence-electron chi connectivity index (χ4n) is 2.36. The second-order valence-corrected chi connectivity index (χ2v) is 6.04. The van der Waals surface area contributed by atoms with Gasteiger partial charge in [0.15, 0.2) is 0 Å². The standard InChI is InChI=1S/C19H22F2N4O/c1-5-6-7-14(20)17-12(2)22-11-23-18(17)24-16-9-8-13(10-15(16)21)19(26)25(3)4/h7-11H,5-6H2,1-4H3,(H,22,23,24)/b14-7+. The van der Waals surface area contributed by atoms with E-state index in [0.29, 0.717) is 12.1 Å². The minimum atomic E-state index is -0.627. The van der Waals surface area contributed by atoms with Crippen LogP contribution in [0.15, 0.2) is 30.6 Å². The average Bonchev–Trinajstić information content (AvgIpc) is 2.60. The number of anilines is 2. The van der Waals surface area contributed by atoms with Crippen molar-refractivity contribution in [2.45, 2.75) is 26.7 Å². The Kier molecular flexibility index (Phi) is 6.38. The number of amides is 1. The fourth-order valence-corrected chi connectivity index (χ4v) is 2.36. The zero-order valence-electron chi connectivity index (χ0n) is 15.3. The summed E-state index contributed by atoms with van der Waals surface area (Å²) in [5.41, 5.74) is 0.982. The van der Waals surface area contributed by atoms with Crippen LogP contribution in [-0.4, -0.2) is 34.9 Å². The first kappa shape index (κ1) is 19.5. The lowest BCUT2D eigenvalue weighted by molar-refractivity contribution is 0.0827. The van der Waals surface area contributed by atoms with Crippen molar-refractivity contribution in [3.8, 4) is 0 Å². The van der Waals surface area contributed by atoms with Crippen LogP contribution in [0.4, 0.5) is 20.3 Å². The SMILES string of the molecule is CCC/C=C(/F)c1c(C)ncnc1Nc1ccc(C(=O)N(C)C)cc1F. The molecule has 1 amide bonds. The van der Waals surface area contributed by atoms with Gasteiger partial charge in [-0.1, -0.05) is 13.3 Å². The average molecular weight is 360 g/mol. The van der Waals surface area contributed by atoms with E-state index in [2.05, 4.69) is 15.3 Å². The normalized spacial score (nSPS) is 11.4. The van der Waals surface area contributed by atoms with Gasteiger partial charge >= 0.3 is 0 Å². The largest absolute Gasteiger partial charge is 0.345 e. The molecule has 0 atom stereocenters. The summed E-state index contributed by atoms with van der Waals surface area (Å²) in [6.45, 7) is 3.61. The summed E-state index contributed by atoms with van der Waals surface area (Å²) in [6.07, 6.45) is 4.14. The molecule has 2 rings (SSSR count). The highest BCUT2D eigenvalue weighted by molar-refractivity contribution is 5.94. The van der Waals surface area contributed by atoms with Crippen LogP contribution in [0.5, 0.6) is 0 Å². The van der Waals surface area contributed by atoms with E-state index < -0.39 is 11.6 Å². The minimum Gasteiger partial charge on any atom is -0.345 e. The Morgan fingerprint density at radius 1 is 1.31 bits per heavy atom. The number of rotatable bonds is 6. The number of aromatic nitrogens is 2. The number of hydrogen-bond acceptors (Lipinski definition) is 4. The molecule has 2 aromatic rings. The molecule has 1 heterocycles. The molecular formula is C19H22F2N4O. The smallest absolute Gasteiger partial charge is 0.253 e. The van der Waals surface area contributed by atoms with Gasteiger partial charge in [-0.15, -0.1) is 0 Å². The molecule has 0 saturated heterocycles. The molecular weight excluding hydrogens is 338 g/mol. The number of aryl methyl sites for hydroxylation is 1. The highest BCUT2D eigenvalue weighted by Gasteiger charge is 2.16. The number of hydrogen-bond donors (Lipinski definition) is 1. The Balaban J connectivity index is 2.37. The highest BCUT2D eigenvalue weighted by Crippen LogP contribution is 2.29. The van der Waals surface area contributed by atoms with Crippen LogP contribution in [-0.2, 0) is 0 Å². The summed E-state index contributed by atoms with van der Waals surface area (Å²) < 4.78 is 28.9. The van der Waals surface area contributed by atoms with Gasteiger partial charge in [-0.25, -0.2) is 18.7 Å². The number of allylic oxidation sites excluding steroid dienone is 1. The molecule has 1 N–H and O–H groups in total. The summed E-state index contributed by atoms with van der Waals surface area (Å²) in [4.78, 5) is 21.3. The van der Waals surface area contributed by atoms with Crippen LogP contribution in [0.25, 0.3) is 5.83 Å². The number of carbonyl (C=O) groups is 1. The third kappa shape index (κ3) is 4.41. The molecule has 0 unspecified atom stereocenters. The fraction of sp³-hybridized carbons (Fsp3) is 0.316. The van der Waals surface area contributed by atoms with E-state index in [-0.39, 0.29) is 28.5 Å². The Morgan fingerprint density at radius 3 is 2.65 bits per heavy atom. The van der Waals surface area contributed by atoms with Crippen LogP contribution < -0.4 is 5.32 Å². The zero-order valence-corrected chi connectivity index (χ0v) is 15.3. The molecule has 0 radical (unpaired) electrons. The van der Waals surface area contributed by atoms with E-state index >= 15 is 0 Å². The highest BCUT2D eigenvalue weighted by atomic mass is 19.1. The van der Waals surface area contributed by atoms with Gasteiger partial charge in [0.05, 0.1) is 16.9 Å². The number of nitrogens with zero attached hydrogens (tertiary/aromatic N) is 3. The van der Waals surface area contributed by atoms with Crippen molar-refractivity contribution in [1.82, 2.24) is 14.9 Å². The molecule has 0 aliphatic carbocycles. The van der Waals surface area contributed by atoms with Gasteiger partial charge in [-0.2, -0.15) is 0 Å². The Morgan fingerprint density at radius 2 is 2.04 bits per heavy atom. The van der Waals surface area contributed by atoms with Crippen molar-refractivity contribution in [3.05, 3.63) is 53.2 Å². The number of carbonyl (C=O) groups excluding carboxylic acids is 1. The number of nitrogens with one attached hydrogen (secondary N) is 1. The monoisotopic (exact) mass is 360 g/mol. The van der Waals surface area contributed by atoms with E-state index in [1.54, 1.807) is 21.0 Å². The van der Waals surface area contributed by atoms with Crippen LogP contribution in [0.3, 0.4) is 0 Å². The topological polar surface area (TPSA) is 58.1 Å². The van der Waals surface area contributed by atoms with E-state index in [0.717, 1.165) is 12.5 Å². The van der Waals surface area contributed by atoms with Gasteiger partial charge in [-0.3, -0.25) is 4.79 Å². The molecule has 1 aromatic heterocycles. The van der Waals surface area contributed by atoms with Crippen molar-refractivity contribution in [2.24, 2.45) is 0 Å². The van der Waals surface area contributed by atoms with Gasteiger partial charge in [0.1, 0.15) is 23.8 Å². The summed E-state index contributed by atoms with van der Waals surface area (Å²) in [5, 5.41) is 2.80. The second-order valence-electron chi connectivity index (χ2n) is 6.04. The van der Waals surface area contributed by atoms with Gasteiger partial charge in [-0.05, 0) is 37.6 Å². The van der Waals surface area contributed by atoms with Gasteiger partial charge < -0.3 is 10.2 Å². The number of halogens is 2. The van der Waals surface area contributed by atoms with Crippen LogP contribution in [0.2, 0.25) is 0 Å². The molecule has 7 heteroatoms. The molecule has 0 aliphatic rings. The molecule has 0 aliphatic heterocycles. The predicted octanol–water partition coefficient (Wildman–Crippen LogP) is 4.48. The van der Waals surface area contributed by atoms with Crippen molar-refractivity contribution in [1.29, 1.82) is 0 Å². The minimum absolute atomic E-state index is 0.1000. The van der Waals surface area contributed by atoms with Crippen molar-refractivity contribution >= 4 is 23.2 Å². The molecule has 138 valence electrons. The lowest BCUT2D eigenvalue weighted by Crippen LogP contribution is -2.21. The van der Waals surface area contributed by atoms with Crippen molar-refractivity contribution in [2.75, 3.05) is 19.4 Å². The van der Waals surface area contributed by atoms with Crippen molar-refractivity contribution in [3.63, 3.8) is 0 Å². The van der Waals surface area contributed by atoms with E-state index in [9.17, 15) is 13.6 Å². The summed E-state index contributed by atoms with van der Waals surface area (Å²) >= 11 is 0. The van der Waals surface area contributed by atoms with E-state index in [4.69, 9.17) is 0 Å². The predicted molar refractivity (Wildman–Crippen MR) is 98.5 cm³/mol. The first-order valence-corrected chi connectivity index (χ1v) is 8.31. The molecule has 0 saturated carbocycles. The van der Waals surface area contributed by atoms with Gasteiger partial charge in [0.2, 0.25) is 0 Å². The summed E-state index contributed by atoms with van der Waals surface area (Å²) in [5.74, 6) is -1.21. The summed E-state index contributed by atoms with van der Waals surface area (Å²) in [7, 11) is 3.18. The van der Waals surface area contributed by atoms with E-state index in [1.807, 2.05) is 6.92 Å². The Bertz CT molecular complexity index is 834. The third-order valence-electron chi connectivity index (χ3n) is 3.76. The van der Waals surface area contributed by atoms with Crippen LogP contribution in [0, 0.1) is 12.7 Å². The first-order chi connectivity index (χ1) is 12.3. The maximum Gasteiger partial charge on any atom is 0.253 e. The van der Waals surface area contributed by atoms with Crippen LogP contribution >= 0.6 is 0 Å². The third-order valence-corrected chi connectivity index (χ3v) is 3.76. The molecule has 1 aromatic carbocycles. The maximum atomic E-state index is 14.5. The summed E-state index contributed by atoms with van der Waals surface area (Å²) in [6, 6.07) is 4.08. The Hall–Kier alpha value is -2.83. The van der Waals surface area contributed by atoms with Crippen molar-refractivity contribution < 1.29 is 13.6 Å². The number of benzene rings is 1. The number of unbranched alkanes of at least 4 members (excludes halogenated alkanes) is 1. The molecule has 0 spiro atoms. The first-order valence-electron chi connectivity index (χ1n) is 8.31. The molecule has 0 fully saturated rings. The second kappa shape index (κ2) is 8.51. The molecule has 5 nitrogen and oxygen atoms in total. The van der Waals surface area contributed by atoms with Gasteiger partial charge in [0.25, 0.3) is 5.91 Å². The lowest BCUT2D eigenvalue weighted by atomic mass is 10.1. The van der Waals surface area contributed by atoms with Crippen LogP contribution in [0.1, 0.15) is 41.4 Å². The molecule has 0 bridgehead atoms. The van der Waals surface area contributed by atoms with E-state index in [1.165, 1.54) is 29.4 Å². The molecule has 26 heavy (non-hydrogen) atoms. The quantitative estimate of drug-likeness (QED) is 0.825. The Labute approximate surface area is 151 Å². The maximum absolute atomic E-state index is 14.5. The van der Waals surface area contributed by atoms with Gasteiger partial charge in [0, 0.05) is 19.7 Å². The zero-order chi connectivity index (χ0) is 19.3.